The van der Waals surface area contributed by atoms with Crippen molar-refractivity contribution < 1.29 is 9.59 Å². The number of rotatable bonds is 3. The second-order valence-electron chi connectivity index (χ2n) is 5.23. The molecular weight excluding hydrogens is 248 g/mol. The number of hydrogen-bond acceptors (Lipinski definition) is 2. The highest BCUT2D eigenvalue weighted by molar-refractivity contribution is 6.12. The van der Waals surface area contributed by atoms with E-state index in [-0.39, 0.29) is 17.5 Å². The van der Waals surface area contributed by atoms with Crippen molar-refractivity contribution in [2.24, 2.45) is 5.92 Å². The highest BCUT2D eigenvalue weighted by Gasteiger charge is 2.40. The fourth-order valence-electron chi connectivity index (χ4n) is 3.01. The first-order valence-electron chi connectivity index (χ1n) is 6.94. The molecule has 2 unspecified atom stereocenters. The molecule has 1 saturated carbocycles. The van der Waals surface area contributed by atoms with E-state index in [1.807, 2.05) is 48.5 Å². The average Bonchev–Trinajstić information content (AvgIpc) is 2.90. The monoisotopic (exact) mass is 264 g/mol. The Bertz CT molecular complexity index is 616. The van der Waals surface area contributed by atoms with Gasteiger partial charge in [-0.15, -0.1) is 0 Å². The van der Waals surface area contributed by atoms with Crippen LogP contribution in [0.2, 0.25) is 0 Å². The maximum absolute atomic E-state index is 12.6. The second-order valence-corrected chi connectivity index (χ2v) is 5.23. The minimum absolute atomic E-state index is 0.0245. The minimum atomic E-state index is -0.514. The Labute approximate surface area is 118 Å². The Kier molecular flexibility index (Phi) is 3.46. The highest BCUT2D eigenvalue weighted by Crippen LogP contribution is 2.39. The van der Waals surface area contributed by atoms with Crippen LogP contribution in [0.5, 0.6) is 0 Å². The Balaban J connectivity index is 1.94. The number of carbonyl (C=O) groups is 2. The zero-order chi connectivity index (χ0) is 13.9. The maximum atomic E-state index is 12.6. The second kappa shape index (κ2) is 5.41. The largest absolute Gasteiger partial charge is 0.299 e. The normalized spacial score (nSPS) is 21.9. The van der Waals surface area contributed by atoms with Crippen LogP contribution in [0.3, 0.4) is 0 Å². The summed E-state index contributed by atoms with van der Waals surface area (Å²) in [5, 5.41) is 0. The summed E-state index contributed by atoms with van der Waals surface area (Å²) in [7, 11) is 0. The molecule has 0 aromatic heterocycles. The molecule has 0 aliphatic heterocycles. The van der Waals surface area contributed by atoms with Crippen LogP contribution in [0.4, 0.5) is 0 Å². The molecule has 2 nitrogen and oxygen atoms in total. The summed E-state index contributed by atoms with van der Waals surface area (Å²) in [4.78, 5) is 24.8. The molecule has 20 heavy (non-hydrogen) atoms. The SMILES string of the molecule is O=C1CCC(c2ccccc2)C1C(=O)c1ccccc1. The lowest BCUT2D eigenvalue weighted by molar-refractivity contribution is -0.119. The van der Waals surface area contributed by atoms with Gasteiger partial charge in [0.1, 0.15) is 5.78 Å². The van der Waals surface area contributed by atoms with Crippen LogP contribution in [0.25, 0.3) is 0 Å². The Morgan fingerprint density at radius 2 is 1.50 bits per heavy atom. The third-order valence-electron chi connectivity index (χ3n) is 4.02. The summed E-state index contributed by atoms with van der Waals surface area (Å²) in [6, 6.07) is 19.0. The average molecular weight is 264 g/mol. The van der Waals surface area contributed by atoms with Crippen LogP contribution in [0, 0.1) is 5.92 Å². The molecule has 1 aliphatic carbocycles. The first-order valence-corrected chi connectivity index (χ1v) is 6.94. The summed E-state index contributed by atoms with van der Waals surface area (Å²) in [5.74, 6) is -0.453. The number of Topliss-reactive ketones (excluding diaryl/α,β-unsaturated/α-hetero) is 2. The van der Waals surface area contributed by atoms with Gasteiger partial charge in [0.25, 0.3) is 0 Å². The van der Waals surface area contributed by atoms with Gasteiger partial charge < -0.3 is 0 Å². The number of benzene rings is 2. The summed E-state index contributed by atoms with van der Waals surface area (Å²) in [6.07, 6.45) is 1.27. The molecule has 2 aromatic carbocycles. The first kappa shape index (κ1) is 12.8. The first-order chi connectivity index (χ1) is 9.77. The van der Waals surface area contributed by atoms with Crippen LogP contribution in [-0.4, -0.2) is 11.6 Å². The predicted molar refractivity (Wildman–Crippen MR) is 77.7 cm³/mol. The number of hydrogen-bond donors (Lipinski definition) is 0. The van der Waals surface area contributed by atoms with Gasteiger partial charge in [-0.1, -0.05) is 60.7 Å². The molecule has 2 atom stereocenters. The Hall–Kier alpha value is -2.22. The van der Waals surface area contributed by atoms with Crippen LogP contribution < -0.4 is 0 Å². The van der Waals surface area contributed by atoms with E-state index in [4.69, 9.17) is 0 Å². The molecule has 0 spiro atoms. The molecule has 0 N–H and O–H groups in total. The van der Waals surface area contributed by atoms with Crippen molar-refractivity contribution in [3.05, 3.63) is 71.8 Å². The fraction of sp³-hybridized carbons (Fsp3) is 0.222. The molecule has 0 heterocycles. The lowest BCUT2D eigenvalue weighted by Gasteiger charge is -2.17. The highest BCUT2D eigenvalue weighted by atomic mass is 16.2. The quantitative estimate of drug-likeness (QED) is 0.626. The van der Waals surface area contributed by atoms with Gasteiger partial charge in [0.15, 0.2) is 5.78 Å². The zero-order valence-corrected chi connectivity index (χ0v) is 11.2. The van der Waals surface area contributed by atoms with Crippen molar-refractivity contribution in [2.75, 3.05) is 0 Å². The van der Waals surface area contributed by atoms with Crippen LogP contribution in [-0.2, 0) is 4.79 Å². The van der Waals surface area contributed by atoms with E-state index >= 15 is 0 Å². The number of carbonyl (C=O) groups excluding carboxylic acids is 2. The van der Waals surface area contributed by atoms with Crippen molar-refractivity contribution in [1.29, 1.82) is 0 Å². The van der Waals surface area contributed by atoms with E-state index in [0.29, 0.717) is 12.0 Å². The van der Waals surface area contributed by atoms with Gasteiger partial charge in [-0.2, -0.15) is 0 Å². The molecule has 2 aromatic rings. The van der Waals surface area contributed by atoms with Gasteiger partial charge in [-0.3, -0.25) is 9.59 Å². The number of ketones is 2. The third kappa shape index (κ3) is 2.29. The molecular formula is C18H16O2. The molecule has 0 saturated heterocycles. The van der Waals surface area contributed by atoms with Gasteiger partial charge in [0, 0.05) is 17.9 Å². The van der Waals surface area contributed by atoms with Crippen molar-refractivity contribution in [1.82, 2.24) is 0 Å². The summed E-state index contributed by atoms with van der Waals surface area (Å²) in [6.45, 7) is 0. The molecule has 2 heteroatoms. The maximum Gasteiger partial charge on any atom is 0.173 e. The summed E-state index contributed by atoms with van der Waals surface area (Å²) < 4.78 is 0. The lowest BCUT2D eigenvalue weighted by atomic mass is 9.83. The smallest absolute Gasteiger partial charge is 0.173 e. The van der Waals surface area contributed by atoms with Crippen LogP contribution in [0.1, 0.15) is 34.7 Å². The molecule has 1 fully saturated rings. The van der Waals surface area contributed by atoms with Crippen LogP contribution in [0.15, 0.2) is 60.7 Å². The van der Waals surface area contributed by atoms with Gasteiger partial charge in [-0.25, -0.2) is 0 Å². The standard InChI is InChI=1S/C18H16O2/c19-16-12-11-15(13-7-3-1-4-8-13)17(16)18(20)14-9-5-2-6-10-14/h1-10,15,17H,11-12H2. The van der Waals surface area contributed by atoms with Crippen LogP contribution >= 0.6 is 0 Å². The lowest BCUT2D eigenvalue weighted by Crippen LogP contribution is -2.24. The van der Waals surface area contributed by atoms with Gasteiger partial charge in [-0.05, 0) is 12.0 Å². The van der Waals surface area contributed by atoms with Gasteiger partial charge in [0.05, 0.1) is 5.92 Å². The van der Waals surface area contributed by atoms with Gasteiger partial charge in [0.2, 0.25) is 0 Å². The molecule has 100 valence electrons. The topological polar surface area (TPSA) is 34.1 Å². The van der Waals surface area contributed by atoms with Crippen molar-refractivity contribution >= 4 is 11.6 Å². The molecule has 0 amide bonds. The van der Waals surface area contributed by atoms with E-state index in [0.717, 1.165) is 12.0 Å². The van der Waals surface area contributed by atoms with Crippen molar-refractivity contribution in [3.8, 4) is 0 Å². The fourth-order valence-corrected chi connectivity index (χ4v) is 3.01. The Morgan fingerprint density at radius 1 is 0.900 bits per heavy atom. The minimum Gasteiger partial charge on any atom is -0.299 e. The van der Waals surface area contributed by atoms with E-state index in [2.05, 4.69) is 0 Å². The Morgan fingerprint density at radius 3 is 2.15 bits per heavy atom. The molecule has 3 rings (SSSR count). The van der Waals surface area contributed by atoms with Crippen molar-refractivity contribution in [2.45, 2.75) is 18.8 Å². The van der Waals surface area contributed by atoms with E-state index in [1.54, 1.807) is 12.1 Å². The molecule has 0 bridgehead atoms. The van der Waals surface area contributed by atoms with E-state index < -0.39 is 5.92 Å². The van der Waals surface area contributed by atoms with E-state index in [1.165, 1.54) is 0 Å². The summed E-state index contributed by atoms with van der Waals surface area (Å²) in [5.41, 5.74) is 1.72. The van der Waals surface area contributed by atoms with Gasteiger partial charge >= 0.3 is 0 Å². The molecule has 1 aliphatic rings. The zero-order valence-electron chi connectivity index (χ0n) is 11.2. The predicted octanol–water partition coefficient (Wildman–Crippen LogP) is 3.63. The summed E-state index contributed by atoms with van der Waals surface area (Å²) >= 11 is 0. The van der Waals surface area contributed by atoms with Crippen molar-refractivity contribution in [3.63, 3.8) is 0 Å². The van der Waals surface area contributed by atoms with E-state index in [9.17, 15) is 9.59 Å². The third-order valence-corrected chi connectivity index (χ3v) is 4.02. The molecule has 0 radical (unpaired) electrons.